The van der Waals surface area contributed by atoms with Crippen LogP contribution in [-0.4, -0.2) is 42.0 Å². The average Bonchev–Trinajstić information content (AvgIpc) is 3.00. The number of carbonyl (C=O) groups is 2. The molecule has 1 aliphatic carbocycles. The highest BCUT2D eigenvalue weighted by molar-refractivity contribution is 5.76. The Labute approximate surface area is 150 Å². The molecule has 25 heavy (non-hydrogen) atoms. The van der Waals surface area contributed by atoms with Crippen molar-refractivity contribution in [1.29, 1.82) is 0 Å². The van der Waals surface area contributed by atoms with Crippen LogP contribution in [0.25, 0.3) is 0 Å². The summed E-state index contributed by atoms with van der Waals surface area (Å²) in [7, 11) is 0. The van der Waals surface area contributed by atoms with Crippen LogP contribution in [0.15, 0.2) is 24.3 Å². The van der Waals surface area contributed by atoms with Crippen molar-refractivity contribution in [2.75, 3.05) is 13.1 Å². The second-order valence-electron chi connectivity index (χ2n) is 7.51. The lowest BCUT2D eigenvalue weighted by molar-refractivity contribution is -0.119. The average molecular weight is 343 g/mol. The van der Waals surface area contributed by atoms with E-state index in [1.54, 1.807) is 0 Å². The molecule has 2 atom stereocenters. The number of amides is 3. The standard InChI is InChI=1S/C20H29N3O2/c1-14-8-10-16(11-9-14)18-12-23(13-19(18)21-15(2)24)20(25)22-17-6-4-3-5-7-17/h8-11,17-19H,3-7,12-13H2,1-2H3,(H,21,24)(H,22,25)/t18-,19+/m0/s1. The highest BCUT2D eigenvalue weighted by Gasteiger charge is 2.37. The zero-order valence-electron chi connectivity index (χ0n) is 15.3. The van der Waals surface area contributed by atoms with Gasteiger partial charge in [0.25, 0.3) is 0 Å². The molecule has 3 amide bonds. The van der Waals surface area contributed by atoms with E-state index in [-0.39, 0.29) is 23.9 Å². The van der Waals surface area contributed by atoms with Crippen LogP contribution in [0.4, 0.5) is 4.79 Å². The van der Waals surface area contributed by atoms with Gasteiger partial charge in [-0.2, -0.15) is 0 Å². The van der Waals surface area contributed by atoms with Crippen molar-refractivity contribution in [2.24, 2.45) is 0 Å². The van der Waals surface area contributed by atoms with Gasteiger partial charge in [-0.25, -0.2) is 4.79 Å². The smallest absolute Gasteiger partial charge is 0.317 e. The number of likely N-dealkylation sites (tertiary alicyclic amines) is 1. The third-order valence-electron chi connectivity index (χ3n) is 5.43. The largest absolute Gasteiger partial charge is 0.351 e. The number of benzene rings is 1. The number of urea groups is 1. The fourth-order valence-corrected chi connectivity index (χ4v) is 4.04. The molecule has 136 valence electrons. The molecule has 1 saturated carbocycles. The molecule has 0 bridgehead atoms. The Morgan fingerprint density at radius 1 is 1.00 bits per heavy atom. The molecule has 2 N–H and O–H groups in total. The van der Waals surface area contributed by atoms with E-state index in [2.05, 4.69) is 41.8 Å². The first-order chi connectivity index (χ1) is 12.0. The molecule has 2 fully saturated rings. The van der Waals surface area contributed by atoms with Crippen LogP contribution in [-0.2, 0) is 4.79 Å². The summed E-state index contributed by atoms with van der Waals surface area (Å²) in [6.45, 7) is 4.81. The zero-order valence-corrected chi connectivity index (χ0v) is 15.3. The molecule has 1 aliphatic heterocycles. The number of hydrogen-bond donors (Lipinski definition) is 2. The fourth-order valence-electron chi connectivity index (χ4n) is 4.04. The van der Waals surface area contributed by atoms with Gasteiger partial charge in [0.1, 0.15) is 0 Å². The topological polar surface area (TPSA) is 61.4 Å². The number of carbonyl (C=O) groups excluding carboxylic acids is 2. The van der Waals surface area contributed by atoms with Gasteiger partial charge in [0.2, 0.25) is 5.91 Å². The lowest BCUT2D eigenvalue weighted by atomic mass is 9.93. The third-order valence-corrected chi connectivity index (χ3v) is 5.43. The number of rotatable bonds is 3. The van der Waals surface area contributed by atoms with Gasteiger partial charge in [-0.05, 0) is 25.3 Å². The minimum atomic E-state index is -0.0448. The van der Waals surface area contributed by atoms with Gasteiger partial charge in [0.05, 0.1) is 6.04 Å². The van der Waals surface area contributed by atoms with Crippen molar-refractivity contribution in [1.82, 2.24) is 15.5 Å². The summed E-state index contributed by atoms with van der Waals surface area (Å²) < 4.78 is 0. The van der Waals surface area contributed by atoms with Crippen molar-refractivity contribution < 1.29 is 9.59 Å². The van der Waals surface area contributed by atoms with Crippen LogP contribution in [0.3, 0.4) is 0 Å². The molecule has 0 spiro atoms. The van der Waals surface area contributed by atoms with Crippen LogP contribution < -0.4 is 10.6 Å². The Bertz CT molecular complexity index is 608. The highest BCUT2D eigenvalue weighted by Crippen LogP contribution is 2.28. The van der Waals surface area contributed by atoms with Gasteiger partial charge in [-0.3, -0.25) is 4.79 Å². The molecule has 0 aromatic heterocycles. The van der Waals surface area contributed by atoms with Crippen LogP contribution in [0.2, 0.25) is 0 Å². The Morgan fingerprint density at radius 2 is 1.68 bits per heavy atom. The Balaban J connectivity index is 1.68. The first-order valence-electron chi connectivity index (χ1n) is 9.42. The Morgan fingerprint density at radius 3 is 2.32 bits per heavy atom. The maximum atomic E-state index is 12.7. The molecule has 5 heteroatoms. The van der Waals surface area contributed by atoms with Gasteiger partial charge in [-0.15, -0.1) is 0 Å². The molecule has 3 rings (SSSR count). The van der Waals surface area contributed by atoms with E-state index in [1.807, 2.05) is 4.90 Å². The SMILES string of the molecule is CC(=O)N[C@@H]1CN(C(=O)NC2CCCCC2)C[C@H]1c1ccc(C)cc1. The van der Waals surface area contributed by atoms with Crippen molar-refractivity contribution in [3.05, 3.63) is 35.4 Å². The van der Waals surface area contributed by atoms with E-state index >= 15 is 0 Å². The highest BCUT2D eigenvalue weighted by atomic mass is 16.2. The van der Waals surface area contributed by atoms with E-state index in [1.165, 1.54) is 37.3 Å². The van der Waals surface area contributed by atoms with Crippen molar-refractivity contribution >= 4 is 11.9 Å². The maximum absolute atomic E-state index is 12.7. The van der Waals surface area contributed by atoms with Crippen molar-refractivity contribution in [3.63, 3.8) is 0 Å². The minimum absolute atomic E-state index is 0.0110. The molecular weight excluding hydrogens is 314 g/mol. The van der Waals surface area contributed by atoms with Crippen molar-refractivity contribution in [2.45, 2.75) is 64.0 Å². The van der Waals surface area contributed by atoms with Gasteiger partial charge >= 0.3 is 6.03 Å². The fraction of sp³-hybridized carbons (Fsp3) is 0.600. The predicted molar refractivity (Wildman–Crippen MR) is 98.5 cm³/mol. The number of nitrogens with one attached hydrogen (secondary N) is 2. The zero-order chi connectivity index (χ0) is 17.8. The first-order valence-corrected chi connectivity index (χ1v) is 9.42. The normalized spacial score (nSPS) is 24.2. The predicted octanol–water partition coefficient (Wildman–Crippen LogP) is 2.94. The lowest BCUT2D eigenvalue weighted by Crippen LogP contribution is -2.46. The van der Waals surface area contributed by atoms with Crippen molar-refractivity contribution in [3.8, 4) is 0 Å². The third kappa shape index (κ3) is 4.53. The summed E-state index contributed by atoms with van der Waals surface area (Å²) in [5.41, 5.74) is 2.39. The van der Waals surface area contributed by atoms with E-state index in [0.29, 0.717) is 19.1 Å². The molecule has 2 aliphatic rings. The van der Waals surface area contributed by atoms with Gasteiger partial charge in [0, 0.05) is 32.0 Å². The van der Waals surface area contributed by atoms with E-state index in [0.717, 1.165) is 12.8 Å². The quantitative estimate of drug-likeness (QED) is 0.886. The van der Waals surface area contributed by atoms with Crippen LogP contribution in [0.5, 0.6) is 0 Å². The molecule has 1 aromatic rings. The molecular formula is C20H29N3O2. The van der Waals surface area contributed by atoms with E-state index in [9.17, 15) is 9.59 Å². The second kappa shape index (κ2) is 7.89. The van der Waals surface area contributed by atoms with Gasteiger partial charge < -0.3 is 15.5 Å². The molecule has 0 radical (unpaired) electrons. The monoisotopic (exact) mass is 343 g/mol. The maximum Gasteiger partial charge on any atom is 0.317 e. The van der Waals surface area contributed by atoms with E-state index in [4.69, 9.17) is 0 Å². The molecule has 1 saturated heterocycles. The summed E-state index contributed by atoms with van der Waals surface area (Å²) in [6.07, 6.45) is 5.83. The Kier molecular flexibility index (Phi) is 5.61. The van der Waals surface area contributed by atoms with Crippen LogP contribution in [0.1, 0.15) is 56.1 Å². The number of nitrogens with zero attached hydrogens (tertiary/aromatic N) is 1. The minimum Gasteiger partial charge on any atom is -0.351 e. The van der Waals surface area contributed by atoms with Crippen LogP contribution >= 0.6 is 0 Å². The number of hydrogen-bond acceptors (Lipinski definition) is 2. The Hall–Kier alpha value is -2.04. The lowest BCUT2D eigenvalue weighted by Gasteiger charge is -2.26. The molecule has 1 aromatic carbocycles. The summed E-state index contributed by atoms with van der Waals surface area (Å²) in [5.74, 6) is 0.0956. The second-order valence-corrected chi connectivity index (χ2v) is 7.51. The number of aryl methyl sites for hydroxylation is 1. The van der Waals surface area contributed by atoms with Gasteiger partial charge in [-0.1, -0.05) is 49.1 Å². The van der Waals surface area contributed by atoms with Crippen LogP contribution in [0, 0.1) is 6.92 Å². The summed E-state index contributed by atoms with van der Waals surface area (Å²) in [4.78, 5) is 26.1. The van der Waals surface area contributed by atoms with Gasteiger partial charge in [0.15, 0.2) is 0 Å². The van der Waals surface area contributed by atoms with E-state index < -0.39 is 0 Å². The first kappa shape index (κ1) is 17.8. The summed E-state index contributed by atoms with van der Waals surface area (Å²) in [5, 5.41) is 6.22. The summed E-state index contributed by atoms with van der Waals surface area (Å²) in [6, 6.07) is 8.68. The molecule has 1 heterocycles. The summed E-state index contributed by atoms with van der Waals surface area (Å²) >= 11 is 0. The molecule has 5 nitrogen and oxygen atoms in total. The molecule has 0 unspecified atom stereocenters.